The Morgan fingerprint density at radius 1 is 1.31 bits per heavy atom. The molecule has 0 aliphatic heterocycles. The van der Waals surface area contributed by atoms with E-state index in [0.29, 0.717) is 18.0 Å². The molecule has 1 atom stereocenters. The summed E-state index contributed by atoms with van der Waals surface area (Å²) >= 11 is 0. The fourth-order valence-corrected chi connectivity index (χ4v) is 3.76. The van der Waals surface area contributed by atoms with Gasteiger partial charge in [0, 0.05) is 17.8 Å². The Balaban J connectivity index is 2.24. The number of anilines is 2. The van der Waals surface area contributed by atoms with E-state index in [0.717, 1.165) is 16.6 Å². The maximum absolute atomic E-state index is 12.7. The van der Waals surface area contributed by atoms with E-state index in [2.05, 4.69) is 11.9 Å². The molecular formula is C19H21N3O6S. The largest absolute Gasteiger partial charge is 0.490 e. The highest BCUT2D eigenvalue weighted by molar-refractivity contribution is 7.92. The third kappa shape index (κ3) is 5.79. The van der Waals surface area contributed by atoms with Crippen molar-refractivity contribution in [3.63, 3.8) is 0 Å². The van der Waals surface area contributed by atoms with Gasteiger partial charge in [-0.3, -0.25) is 19.2 Å². The van der Waals surface area contributed by atoms with Crippen molar-refractivity contribution in [2.75, 3.05) is 22.5 Å². The molecule has 0 aliphatic rings. The lowest BCUT2D eigenvalue weighted by Crippen LogP contribution is -2.45. The molecule has 154 valence electrons. The second-order valence-corrected chi connectivity index (χ2v) is 7.98. The van der Waals surface area contributed by atoms with Crippen molar-refractivity contribution in [1.82, 2.24) is 0 Å². The second kappa shape index (κ2) is 9.20. The van der Waals surface area contributed by atoms with E-state index in [9.17, 15) is 23.3 Å². The molecule has 1 N–H and O–H groups in total. The molecule has 0 radical (unpaired) electrons. The zero-order chi connectivity index (χ0) is 21.6. The molecule has 10 heteroatoms. The predicted octanol–water partition coefficient (Wildman–Crippen LogP) is 2.95. The van der Waals surface area contributed by atoms with E-state index in [1.165, 1.54) is 25.1 Å². The number of nitrogens with one attached hydrogen (secondary N) is 1. The van der Waals surface area contributed by atoms with Crippen molar-refractivity contribution in [1.29, 1.82) is 0 Å². The minimum Gasteiger partial charge on any atom is -0.490 e. The van der Waals surface area contributed by atoms with Gasteiger partial charge in [-0.25, -0.2) is 8.42 Å². The number of nitro groups is 1. The Labute approximate surface area is 168 Å². The summed E-state index contributed by atoms with van der Waals surface area (Å²) in [6, 6.07) is 10.5. The van der Waals surface area contributed by atoms with Gasteiger partial charge in [0.2, 0.25) is 15.9 Å². The number of hydrogen-bond donors (Lipinski definition) is 1. The number of carbonyl (C=O) groups excluding carboxylic acids is 1. The number of nitrogens with zero attached hydrogens (tertiary/aromatic N) is 2. The Bertz CT molecular complexity index is 1000. The van der Waals surface area contributed by atoms with Crippen molar-refractivity contribution >= 4 is 33.0 Å². The summed E-state index contributed by atoms with van der Waals surface area (Å²) in [5.74, 6) is -0.00741. The number of non-ortho nitro benzene ring substituents is 1. The van der Waals surface area contributed by atoms with Crippen LogP contribution in [0.1, 0.15) is 6.92 Å². The highest BCUT2D eigenvalue weighted by Crippen LogP contribution is 2.26. The summed E-state index contributed by atoms with van der Waals surface area (Å²) < 4.78 is 30.8. The van der Waals surface area contributed by atoms with Crippen LogP contribution < -0.4 is 14.4 Å². The number of rotatable bonds is 9. The monoisotopic (exact) mass is 419 g/mol. The van der Waals surface area contributed by atoms with Gasteiger partial charge in [0.15, 0.2) is 0 Å². The van der Waals surface area contributed by atoms with Gasteiger partial charge in [-0.1, -0.05) is 18.7 Å². The topological polar surface area (TPSA) is 119 Å². The summed E-state index contributed by atoms with van der Waals surface area (Å²) in [5.41, 5.74) is 0.191. The summed E-state index contributed by atoms with van der Waals surface area (Å²) in [5, 5.41) is 13.6. The van der Waals surface area contributed by atoms with Gasteiger partial charge in [0.25, 0.3) is 5.69 Å². The molecule has 0 saturated carbocycles. The van der Waals surface area contributed by atoms with Crippen molar-refractivity contribution in [2.45, 2.75) is 13.0 Å². The van der Waals surface area contributed by atoms with Crippen LogP contribution in [0.25, 0.3) is 0 Å². The Morgan fingerprint density at radius 2 is 1.97 bits per heavy atom. The highest BCUT2D eigenvalue weighted by atomic mass is 32.2. The minimum absolute atomic E-state index is 0.0255. The SMILES string of the molecule is C=CCOc1ccc(NC(=O)[C@@H](C)N(c2cccc([N+](=O)[O-])c2)S(C)(=O)=O)cc1. The smallest absolute Gasteiger partial charge is 0.271 e. The van der Waals surface area contributed by atoms with Crippen LogP contribution in [0, 0.1) is 10.1 Å². The van der Waals surface area contributed by atoms with Crippen LogP contribution in [0.5, 0.6) is 5.75 Å². The van der Waals surface area contributed by atoms with Crippen LogP contribution in [0.2, 0.25) is 0 Å². The van der Waals surface area contributed by atoms with Crippen LogP contribution >= 0.6 is 0 Å². The molecule has 29 heavy (non-hydrogen) atoms. The average molecular weight is 419 g/mol. The van der Waals surface area contributed by atoms with Gasteiger partial charge in [-0.05, 0) is 37.3 Å². The second-order valence-electron chi connectivity index (χ2n) is 6.13. The number of ether oxygens (including phenoxy) is 1. The van der Waals surface area contributed by atoms with E-state index in [1.54, 1.807) is 30.3 Å². The number of benzene rings is 2. The zero-order valence-electron chi connectivity index (χ0n) is 15.9. The quantitative estimate of drug-likeness (QED) is 0.379. The van der Waals surface area contributed by atoms with Gasteiger partial charge in [-0.15, -0.1) is 0 Å². The first-order valence-electron chi connectivity index (χ1n) is 8.52. The maximum atomic E-state index is 12.7. The van der Waals surface area contributed by atoms with Gasteiger partial charge >= 0.3 is 0 Å². The molecule has 0 fully saturated rings. The molecule has 2 aromatic rings. The molecule has 9 nitrogen and oxygen atoms in total. The van der Waals surface area contributed by atoms with Gasteiger partial charge in [-0.2, -0.15) is 0 Å². The van der Waals surface area contributed by atoms with Crippen molar-refractivity contribution in [3.8, 4) is 5.75 Å². The fraction of sp³-hybridized carbons (Fsp3) is 0.211. The van der Waals surface area contributed by atoms with Crippen LogP contribution in [0.4, 0.5) is 17.1 Å². The van der Waals surface area contributed by atoms with Crippen LogP contribution in [0.15, 0.2) is 61.2 Å². The summed E-state index contributed by atoms with van der Waals surface area (Å²) in [6.45, 7) is 5.30. The predicted molar refractivity (Wildman–Crippen MR) is 111 cm³/mol. The van der Waals surface area contributed by atoms with E-state index >= 15 is 0 Å². The Hall–Kier alpha value is -3.40. The molecular weight excluding hydrogens is 398 g/mol. The molecule has 0 unspecified atom stereocenters. The fourth-order valence-electron chi connectivity index (χ4n) is 2.59. The summed E-state index contributed by atoms with van der Waals surface area (Å²) in [6.07, 6.45) is 2.53. The first-order chi connectivity index (χ1) is 13.6. The first kappa shape index (κ1) is 21.9. The van der Waals surface area contributed by atoms with Crippen LogP contribution in [0.3, 0.4) is 0 Å². The molecule has 0 bridgehead atoms. The Morgan fingerprint density at radius 3 is 2.52 bits per heavy atom. The van der Waals surface area contributed by atoms with E-state index in [1.807, 2.05) is 0 Å². The van der Waals surface area contributed by atoms with Crippen molar-refractivity contribution in [3.05, 3.63) is 71.3 Å². The van der Waals surface area contributed by atoms with Crippen LogP contribution in [-0.2, 0) is 14.8 Å². The van der Waals surface area contributed by atoms with Crippen LogP contribution in [-0.4, -0.2) is 38.2 Å². The first-order valence-corrected chi connectivity index (χ1v) is 10.4. The van der Waals surface area contributed by atoms with E-state index in [4.69, 9.17) is 4.74 Å². The summed E-state index contributed by atoms with van der Waals surface area (Å²) in [7, 11) is -3.89. The lowest BCUT2D eigenvalue weighted by Gasteiger charge is -2.28. The lowest BCUT2D eigenvalue weighted by molar-refractivity contribution is -0.384. The average Bonchev–Trinajstić information content (AvgIpc) is 2.66. The van der Waals surface area contributed by atoms with E-state index in [-0.39, 0.29) is 11.4 Å². The number of hydrogen-bond acceptors (Lipinski definition) is 6. The van der Waals surface area contributed by atoms with Gasteiger partial charge in [0.1, 0.15) is 18.4 Å². The molecule has 0 spiro atoms. The van der Waals surface area contributed by atoms with E-state index < -0.39 is 26.9 Å². The maximum Gasteiger partial charge on any atom is 0.271 e. The van der Waals surface area contributed by atoms with Gasteiger partial charge in [0.05, 0.1) is 16.9 Å². The number of carbonyl (C=O) groups is 1. The molecule has 2 aromatic carbocycles. The third-order valence-corrected chi connectivity index (χ3v) is 5.11. The normalized spacial score (nSPS) is 11.9. The molecule has 2 rings (SSSR count). The minimum atomic E-state index is -3.89. The molecule has 0 saturated heterocycles. The lowest BCUT2D eigenvalue weighted by atomic mass is 10.2. The molecule has 0 heterocycles. The molecule has 0 aliphatic carbocycles. The van der Waals surface area contributed by atoms with Crippen molar-refractivity contribution < 1.29 is 22.9 Å². The highest BCUT2D eigenvalue weighted by Gasteiger charge is 2.30. The van der Waals surface area contributed by atoms with Crippen molar-refractivity contribution in [2.24, 2.45) is 0 Å². The molecule has 0 aromatic heterocycles. The number of amides is 1. The Kier molecular flexibility index (Phi) is 6.94. The third-order valence-electron chi connectivity index (χ3n) is 3.87. The molecule has 1 amide bonds. The number of nitro benzene ring substituents is 1. The standard InChI is InChI=1S/C19H21N3O6S/c1-4-12-28-18-10-8-15(9-11-18)20-19(23)14(2)21(29(3,26)27)16-6-5-7-17(13-16)22(24)25/h4-11,13-14H,1,12H2,2-3H3,(H,20,23)/t14-/m1/s1. The van der Waals surface area contributed by atoms with Gasteiger partial charge < -0.3 is 10.1 Å². The zero-order valence-corrected chi connectivity index (χ0v) is 16.8. The number of sulfonamides is 1. The summed E-state index contributed by atoms with van der Waals surface area (Å²) in [4.78, 5) is 23.0.